The number of benzene rings is 2. The predicted molar refractivity (Wildman–Crippen MR) is 109 cm³/mol. The van der Waals surface area contributed by atoms with E-state index in [0.717, 1.165) is 6.54 Å². The number of hydrogen-bond donors (Lipinski definition) is 2. The number of aromatic nitrogens is 1. The molecule has 3 heteroatoms. The third-order valence-electron chi connectivity index (χ3n) is 5.95. The average molecular weight is 348 g/mol. The first-order valence-corrected chi connectivity index (χ1v) is 9.76. The van der Waals surface area contributed by atoms with E-state index in [9.17, 15) is 0 Å². The highest BCUT2D eigenvalue weighted by atomic mass is 15.2. The highest BCUT2D eigenvalue weighted by Gasteiger charge is 2.25. The fourth-order valence-electron chi connectivity index (χ4n) is 4.49. The normalized spacial score (nSPS) is 18.5. The quantitative estimate of drug-likeness (QED) is 0.700. The Hall–Kier alpha value is -2.10. The smallest absolute Gasteiger partial charge is 0.0487 e. The van der Waals surface area contributed by atoms with Gasteiger partial charge < -0.3 is 10.7 Å². The molecule has 0 unspecified atom stereocenters. The van der Waals surface area contributed by atoms with E-state index in [1.807, 2.05) is 0 Å². The van der Waals surface area contributed by atoms with Crippen molar-refractivity contribution in [3.8, 4) is 0 Å². The molecule has 1 aromatic heterocycles. The largest absolute Gasteiger partial charge is 0.361 e. The van der Waals surface area contributed by atoms with Gasteiger partial charge in [-0.15, -0.1) is 0 Å². The summed E-state index contributed by atoms with van der Waals surface area (Å²) in [6.07, 6.45) is 5.91. The van der Waals surface area contributed by atoms with E-state index in [1.165, 1.54) is 64.5 Å². The van der Waals surface area contributed by atoms with Crippen molar-refractivity contribution in [1.82, 2.24) is 9.88 Å². The second-order valence-corrected chi connectivity index (χ2v) is 7.68. The van der Waals surface area contributed by atoms with E-state index in [-0.39, 0.29) is 0 Å². The van der Waals surface area contributed by atoms with Crippen molar-refractivity contribution >= 4 is 10.9 Å². The predicted octanol–water partition coefficient (Wildman–Crippen LogP) is 4.97. The highest BCUT2D eigenvalue weighted by molar-refractivity contribution is 5.86. The van der Waals surface area contributed by atoms with Crippen LogP contribution in [0.4, 0.5) is 0 Å². The summed E-state index contributed by atoms with van der Waals surface area (Å²) in [4.78, 5) is 6.09. The molecule has 0 saturated carbocycles. The summed E-state index contributed by atoms with van der Waals surface area (Å²) in [7, 11) is 0. The molecule has 1 atom stereocenters. The maximum absolute atomic E-state index is 5.77. The van der Waals surface area contributed by atoms with Gasteiger partial charge in [-0.3, -0.25) is 4.90 Å². The van der Waals surface area contributed by atoms with Crippen molar-refractivity contribution in [3.63, 3.8) is 0 Å². The lowest BCUT2D eigenvalue weighted by Gasteiger charge is -2.36. The zero-order chi connectivity index (χ0) is 18.1. The maximum Gasteiger partial charge on any atom is 0.0487 e. The Morgan fingerprint density at radius 2 is 1.88 bits per heavy atom. The first-order valence-electron chi connectivity index (χ1n) is 9.76. The Bertz CT molecular complexity index is 892. The van der Waals surface area contributed by atoms with Crippen molar-refractivity contribution < 1.29 is 0 Å². The molecule has 1 saturated heterocycles. The maximum atomic E-state index is 5.77. The van der Waals surface area contributed by atoms with Gasteiger partial charge in [0.05, 0.1) is 0 Å². The van der Waals surface area contributed by atoms with E-state index in [0.29, 0.717) is 12.6 Å². The van der Waals surface area contributed by atoms with Crippen LogP contribution in [0.3, 0.4) is 0 Å². The number of aryl methyl sites for hydroxylation is 2. The third-order valence-corrected chi connectivity index (χ3v) is 5.95. The molecular formula is C23H29N3. The first-order chi connectivity index (χ1) is 12.7. The Kier molecular flexibility index (Phi) is 4.84. The highest BCUT2D eigenvalue weighted by Crippen LogP contribution is 2.34. The van der Waals surface area contributed by atoms with E-state index in [1.54, 1.807) is 0 Å². The molecule has 3 aromatic rings. The van der Waals surface area contributed by atoms with Gasteiger partial charge in [-0.2, -0.15) is 0 Å². The summed E-state index contributed by atoms with van der Waals surface area (Å²) in [5, 5.41) is 1.38. The summed E-state index contributed by atoms with van der Waals surface area (Å²) < 4.78 is 0. The summed E-state index contributed by atoms with van der Waals surface area (Å²) in [6, 6.07) is 14.0. The van der Waals surface area contributed by atoms with Crippen molar-refractivity contribution in [2.24, 2.45) is 5.73 Å². The van der Waals surface area contributed by atoms with Crippen molar-refractivity contribution in [1.29, 1.82) is 0 Å². The lowest BCUT2D eigenvalue weighted by atomic mass is 9.92. The first kappa shape index (κ1) is 17.3. The SMILES string of the molecule is Cc1cc(C)c2[nH]ccc2c1CN1CCCC[C@H]1c1ccc(CN)cc1. The number of fused-ring (bicyclic) bond motifs is 1. The number of rotatable bonds is 4. The van der Waals surface area contributed by atoms with Crippen LogP contribution in [-0.2, 0) is 13.1 Å². The van der Waals surface area contributed by atoms with Crippen molar-refractivity contribution in [3.05, 3.63) is 70.4 Å². The Morgan fingerprint density at radius 3 is 2.65 bits per heavy atom. The van der Waals surface area contributed by atoms with Gasteiger partial charge in [0, 0.05) is 36.2 Å². The van der Waals surface area contributed by atoms with Crippen LogP contribution in [0.5, 0.6) is 0 Å². The average Bonchev–Trinajstić information content (AvgIpc) is 3.16. The molecule has 2 heterocycles. The topological polar surface area (TPSA) is 45.0 Å². The Morgan fingerprint density at radius 1 is 1.08 bits per heavy atom. The van der Waals surface area contributed by atoms with Crippen LogP contribution in [0.2, 0.25) is 0 Å². The second-order valence-electron chi connectivity index (χ2n) is 7.68. The zero-order valence-electron chi connectivity index (χ0n) is 15.9. The number of hydrogen-bond acceptors (Lipinski definition) is 2. The zero-order valence-corrected chi connectivity index (χ0v) is 15.9. The molecule has 0 aliphatic carbocycles. The van der Waals surface area contributed by atoms with E-state index < -0.39 is 0 Å². The Labute approximate surface area is 156 Å². The lowest BCUT2D eigenvalue weighted by molar-refractivity contribution is 0.141. The molecule has 3 nitrogen and oxygen atoms in total. The van der Waals surface area contributed by atoms with Crippen LogP contribution in [0.1, 0.15) is 53.1 Å². The monoisotopic (exact) mass is 347 g/mol. The molecule has 4 rings (SSSR count). The number of likely N-dealkylation sites (tertiary alicyclic amines) is 1. The summed E-state index contributed by atoms with van der Waals surface area (Å²) in [5.41, 5.74) is 13.9. The summed E-state index contributed by atoms with van der Waals surface area (Å²) in [5.74, 6) is 0. The fourth-order valence-corrected chi connectivity index (χ4v) is 4.49. The lowest BCUT2D eigenvalue weighted by Crippen LogP contribution is -2.33. The van der Waals surface area contributed by atoms with Gasteiger partial charge in [-0.25, -0.2) is 0 Å². The fraction of sp³-hybridized carbons (Fsp3) is 0.391. The second kappa shape index (κ2) is 7.26. The minimum Gasteiger partial charge on any atom is -0.361 e. The number of nitrogens with one attached hydrogen (secondary N) is 1. The number of piperidine rings is 1. The number of aromatic amines is 1. The molecule has 1 fully saturated rings. The van der Waals surface area contributed by atoms with Gasteiger partial charge in [0.2, 0.25) is 0 Å². The van der Waals surface area contributed by atoms with Crippen LogP contribution < -0.4 is 5.73 Å². The molecule has 0 bridgehead atoms. The minimum absolute atomic E-state index is 0.505. The number of H-pyrrole nitrogens is 1. The summed E-state index contributed by atoms with van der Waals surface area (Å²) in [6.45, 7) is 7.25. The molecule has 0 radical (unpaired) electrons. The van der Waals surface area contributed by atoms with Gasteiger partial charge in [0.25, 0.3) is 0 Å². The molecule has 2 aromatic carbocycles. The van der Waals surface area contributed by atoms with Gasteiger partial charge in [0.15, 0.2) is 0 Å². The minimum atomic E-state index is 0.505. The van der Waals surface area contributed by atoms with E-state index >= 15 is 0 Å². The Balaban J connectivity index is 1.66. The van der Waals surface area contributed by atoms with Crippen molar-refractivity contribution in [2.75, 3.05) is 6.54 Å². The van der Waals surface area contributed by atoms with E-state index in [4.69, 9.17) is 5.73 Å². The molecule has 0 amide bonds. The van der Waals surface area contributed by atoms with Gasteiger partial charge in [0.1, 0.15) is 0 Å². The van der Waals surface area contributed by atoms with Crippen LogP contribution in [0.25, 0.3) is 10.9 Å². The summed E-state index contributed by atoms with van der Waals surface area (Å²) >= 11 is 0. The number of nitrogens with zero attached hydrogens (tertiary/aromatic N) is 1. The van der Waals surface area contributed by atoms with Gasteiger partial charge in [-0.05, 0) is 67.1 Å². The van der Waals surface area contributed by atoms with Gasteiger partial charge in [-0.1, -0.05) is 36.8 Å². The van der Waals surface area contributed by atoms with Crippen LogP contribution in [0.15, 0.2) is 42.6 Å². The molecule has 26 heavy (non-hydrogen) atoms. The van der Waals surface area contributed by atoms with Crippen LogP contribution in [-0.4, -0.2) is 16.4 Å². The number of nitrogens with two attached hydrogens (primary N) is 1. The molecule has 1 aliphatic rings. The van der Waals surface area contributed by atoms with Crippen LogP contribution in [0, 0.1) is 13.8 Å². The van der Waals surface area contributed by atoms with E-state index in [2.05, 4.69) is 66.3 Å². The molecule has 3 N–H and O–H groups in total. The standard InChI is InChI=1S/C23H29N3/c1-16-13-17(2)23-20(10-11-25-23)21(16)15-26-12-4-3-5-22(26)19-8-6-18(14-24)7-9-19/h6-11,13,22,25H,3-5,12,14-15,24H2,1-2H3/t22-/m0/s1. The van der Waals surface area contributed by atoms with Crippen LogP contribution >= 0.6 is 0 Å². The van der Waals surface area contributed by atoms with Gasteiger partial charge >= 0.3 is 0 Å². The molecule has 0 spiro atoms. The molecule has 136 valence electrons. The van der Waals surface area contributed by atoms with Crippen molar-refractivity contribution in [2.45, 2.75) is 52.2 Å². The molecular weight excluding hydrogens is 318 g/mol. The third kappa shape index (κ3) is 3.17. The molecule has 1 aliphatic heterocycles.